The molecule has 0 bridgehead atoms. The van der Waals surface area contributed by atoms with Crippen molar-refractivity contribution in [3.8, 4) is 0 Å². The van der Waals surface area contributed by atoms with Crippen molar-refractivity contribution in [2.75, 3.05) is 0 Å². The molecule has 0 amide bonds. The number of hydrogen-bond acceptors (Lipinski definition) is 2. The molecule has 2 heterocycles. The summed E-state index contributed by atoms with van der Waals surface area (Å²) in [7, 11) is 0. The Morgan fingerprint density at radius 3 is 3.23 bits per heavy atom. The van der Waals surface area contributed by atoms with Crippen molar-refractivity contribution in [1.82, 2.24) is 4.98 Å². The molecule has 0 N–H and O–H groups in total. The first-order chi connectivity index (χ1) is 6.40. The molecule has 2 aromatic heterocycles. The number of hydrogen-bond donors (Lipinski definition) is 0. The van der Waals surface area contributed by atoms with Crippen molar-refractivity contribution >= 4 is 21.6 Å². The molecule has 0 saturated carbocycles. The standard InChI is InChI=1S/C11H13NS/c1-2-3-4-9-7-10-5-6-13-11(10)12-8-9/h5-8H,2-4H2,1H3. The van der Waals surface area contributed by atoms with Crippen LogP contribution in [0.3, 0.4) is 0 Å². The maximum absolute atomic E-state index is 4.41. The van der Waals surface area contributed by atoms with E-state index in [9.17, 15) is 0 Å². The number of fused-ring (bicyclic) bond motifs is 1. The van der Waals surface area contributed by atoms with Crippen LogP contribution in [0.15, 0.2) is 23.7 Å². The first-order valence-electron chi connectivity index (χ1n) is 4.72. The van der Waals surface area contributed by atoms with E-state index in [0.29, 0.717) is 0 Å². The Balaban J connectivity index is 2.26. The second-order valence-electron chi connectivity index (χ2n) is 3.26. The lowest BCUT2D eigenvalue weighted by atomic mass is 10.1. The number of nitrogens with zero attached hydrogens (tertiary/aromatic N) is 1. The van der Waals surface area contributed by atoms with Crippen LogP contribution in [-0.4, -0.2) is 4.98 Å². The van der Waals surface area contributed by atoms with Gasteiger partial charge in [0, 0.05) is 11.6 Å². The fraction of sp³-hybridized carbons (Fsp3) is 0.364. The molecule has 0 saturated heterocycles. The highest BCUT2D eigenvalue weighted by molar-refractivity contribution is 7.16. The van der Waals surface area contributed by atoms with Gasteiger partial charge in [-0.15, -0.1) is 11.3 Å². The summed E-state index contributed by atoms with van der Waals surface area (Å²) in [5, 5.41) is 3.39. The van der Waals surface area contributed by atoms with Crippen molar-refractivity contribution in [2.24, 2.45) is 0 Å². The van der Waals surface area contributed by atoms with E-state index in [4.69, 9.17) is 0 Å². The van der Waals surface area contributed by atoms with E-state index in [1.807, 2.05) is 6.20 Å². The molecule has 0 aliphatic rings. The Hall–Kier alpha value is -0.890. The Labute approximate surface area is 82.4 Å². The molecule has 13 heavy (non-hydrogen) atoms. The first kappa shape index (κ1) is 8.70. The fourth-order valence-electron chi connectivity index (χ4n) is 1.42. The molecule has 0 fully saturated rings. The van der Waals surface area contributed by atoms with E-state index >= 15 is 0 Å². The van der Waals surface area contributed by atoms with E-state index in [-0.39, 0.29) is 0 Å². The summed E-state index contributed by atoms with van der Waals surface area (Å²) in [5.74, 6) is 0. The van der Waals surface area contributed by atoms with E-state index in [2.05, 4.69) is 29.4 Å². The zero-order valence-electron chi connectivity index (χ0n) is 7.79. The van der Waals surface area contributed by atoms with Gasteiger partial charge in [-0.2, -0.15) is 0 Å². The highest BCUT2D eigenvalue weighted by Gasteiger charge is 1.97. The van der Waals surface area contributed by atoms with Crippen LogP contribution < -0.4 is 0 Å². The molecule has 0 atom stereocenters. The van der Waals surface area contributed by atoms with Crippen LogP contribution in [0.2, 0.25) is 0 Å². The van der Waals surface area contributed by atoms with E-state index in [1.54, 1.807) is 11.3 Å². The van der Waals surface area contributed by atoms with Crippen LogP contribution in [-0.2, 0) is 6.42 Å². The monoisotopic (exact) mass is 191 g/mol. The van der Waals surface area contributed by atoms with Gasteiger partial charge in [-0.1, -0.05) is 13.3 Å². The molecule has 0 aliphatic carbocycles. The predicted molar refractivity (Wildman–Crippen MR) is 58.2 cm³/mol. The molecular weight excluding hydrogens is 178 g/mol. The van der Waals surface area contributed by atoms with Crippen LogP contribution in [0, 0.1) is 0 Å². The second kappa shape index (κ2) is 3.88. The summed E-state index contributed by atoms with van der Waals surface area (Å²) in [4.78, 5) is 5.57. The molecule has 68 valence electrons. The minimum Gasteiger partial charge on any atom is -0.245 e. The Kier molecular flexibility index (Phi) is 2.60. The zero-order chi connectivity index (χ0) is 9.10. The van der Waals surface area contributed by atoms with Gasteiger partial charge in [0.1, 0.15) is 4.83 Å². The van der Waals surface area contributed by atoms with Gasteiger partial charge in [0.2, 0.25) is 0 Å². The zero-order valence-corrected chi connectivity index (χ0v) is 8.60. The lowest BCUT2D eigenvalue weighted by Gasteiger charge is -1.98. The summed E-state index contributed by atoms with van der Waals surface area (Å²) < 4.78 is 0. The summed E-state index contributed by atoms with van der Waals surface area (Å²) in [5.41, 5.74) is 1.37. The van der Waals surface area contributed by atoms with E-state index < -0.39 is 0 Å². The normalized spacial score (nSPS) is 10.8. The average Bonchev–Trinajstić information content (AvgIpc) is 2.61. The average molecular weight is 191 g/mol. The number of aromatic nitrogens is 1. The van der Waals surface area contributed by atoms with Gasteiger partial charge in [-0.05, 0) is 35.9 Å². The molecular formula is C11H13NS. The van der Waals surface area contributed by atoms with Crippen molar-refractivity contribution < 1.29 is 0 Å². The maximum Gasteiger partial charge on any atom is 0.123 e. The number of pyridine rings is 1. The number of thiophene rings is 1. The van der Waals surface area contributed by atoms with Gasteiger partial charge in [-0.25, -0.2) is 4.98 Å². The molecule has 0 aromatic carbocycles. The molecule has 2 aromatic rings. The predicted octanol–water partition coefficient (Wildman–Crippen LogP) is 3.64. The van der Waals surface area contributed by atoms with Gasteiger partial charge in [0.15, 0.2) is 0 Å². The summed E-state index contributed by atoms with van der Waals surface area (Å²) in [6.45, 7) is 2.22. The molecule has 0 aliphatic heterocycles. The molecule has 1 nitrogen and oxygen atoms in total. The molecule has 0 radical (unpaired) electrons. The Morgan fingerprint density at radius 2 is 2.38 bits per heavy atom. The Bertz CT molecular complexity index is 392. The molecule has 0 unspecified atom stereocenters. The summed E-state index contributed by atoms with van der Waals surface area (Å²) in [6.07, 6.45) is 5.68. The highest BCUT2D eigenvalue weighted by atomic mass is 32.1. The van der Waals surface area contributed by atoms with Gasteiger partial charge in [0.05, 0.1) is 0 Å². The second-order valence-corrected chi connectivity index (χ2v) is 4.16. The van der Waals surface area contributed by atoms with Crippen molar-refractivity contribution in [1.29, 1.82) is 0 Å². The third-order valence-corrected chi connectivity index (χ3v) is 3.02. The largest absolute Gasteiger partial charge is 0.245 e. The molecule has 0 spiro atoms. The quantitative estimate of drug-likeness (QED) is 0.721. The van der Waals surface area contributed by atoms with Crippen LogP contribution in [0.5, 0.6) is 0 Å². The van der Waals surface area contributed by atoms with Crippen LogP contribution in [0.25, 0.3) is 10.2 Å². The van der Waals surface area contributed by atoms with Gasteiger partial charge in [0.25, 0.3) is 0 Å². The SMILES string of the molecule is CCCCc1cnc2sccc2c1. The van der Waals surface area contributed by atoms with Crippen LogP contribution in [0.4, 0.5) is 0 Å². The smallest absolute Gasteiger partial charge is 0.123 e. The number of unbranched alkanes of at least 4 members (excludes halogenated alkanes) is 1. The van der Waals surface area contributed by atoms with E-state index in [0.717, 1.165) is 11.3 Å². The lowest BCUT2D eigenvalue weighted by molar-refractivity contribution is 0.793. The minimum atomic E-state index is 1.15. The third-order valence-electron chi connectivity index (χ3n) is 2.18. The van der Waals surface area contributed by atoms with Gasteiger partial charge < -0.3 is 0 Å². The molecule has 2 rings (SSSR count). The van der Waals surface area contributed by atoms with Crippen molar-refractivity contribution in [3.63, 3.8) is 0 Å². The highest BCUT2D eigenvalue weighted by Crippen LogP contribution is 2.19. The topological polar surface area (TPSA) is 12.9 Å². The summed E-state index contributed by atoms with van der Waals surface area (Å²) >= 11 is 1.71. The van der Waals surface area contributed by atoms with Crippen LogP contribution >= 0.6 is 11.3 Å². The number of aryl methyl sites for hydroxylation is 1. The third kappa shape index (κ3) is 1.89. The minimum absolute atomic E-state index is 1.15. The molecule has 2 heteroatoms. The Morgan fingerprint density at radius 1 is 1.46 bits per heavy atom. The summed E-state index contributed by atoms with van der Waals surface area (Å²) in [6, 6.07) is 4.40. The van der Waals surface area contributed by atoms with Gasteiger partial charge in [-0.3, -0.25) is 0 Å². The van der Waals surface area contributed by atoms with Gasteiger partial charge >= 0.3 is 0 Å². The maximum atomic E-state index is 4.41. The van der Waals surface area contributed by atoms with Crippen molar-refractivity contribution in [3.05, 3.63) is 29.3 Å². The number of rotatable bonds is 3. The first-order valence-corrected chi connectivity index (χ1v) is 5.60. The lowest BCUT2D eigenvalue weighted by Crippen LogP contribution is -1.85. The van der Waals surface area contributed by atoms with E-state index in [1.165, 1.54) is 23.8 Å². The van der Waals surface area contributed by atoms with Crippen LogP contribution in [0.1, 0.15) is 25.3 Å². The van der Waals surface area contributed by atoms with Crippen molar-refractivity contribution in [2.45, 2.75) is 26.2 Å². The fourth-order valence-corrected chi connectivity index (χ4v) is 2.14.